The Morgan fingerprint density at radius 2 is 1.94 bits per heavy atom. The molecule has 0 bridgehead atoms. The molecular weight excluding hydrogens is 212 g/mol. The van der Waals surface area contributed by atoms with Crippen LogP contribution in [0.4, 0.5) is 0 Å². The van der Waals surface area contributed by atoms with Gasteiger partial charge >= 0.3 is 0 Å². The van der Waals surface area contributed by atoms with Gasteiger partial charge in [0.1, 0.15) is 0 Å². The Hall–Kier alpha value is -0.900. The molecule has 3 nitrogen and oxygen atoms in total. The van der Waals surface area contributed by atoms with Crippen molar-refractivity contribution in [3.05, 3.63) is 35.9 Å². The Kier molecular flexibility index (Phi) is 5.49. The van der Waals surface area contributed by atoms with Crippen molar-refractivity contribution in [2.75, 3.05) is 39.4 Å². The highest BCUT2D eigenvalue weighted by Crippen LogP contribution is 2.05. The first-order chi connectivity index (χ1) is 8.45. The van der Waals surface area contributed by atoms with Crippen molar-refractivity contribution in [2.45, 2.75) is 13.0 Å². The van der Waals surface area contributed by atoms with Crippen LogP contribution in [0.5, 0.6) is 0 Å². The summed E-state index contributed by atoms with van der Waals surface area (Å²) in [5.74, 6) is 0. The molecule has 0 radical (unpaired) electrons. The summed E-state index contributed by atoms with van der Waals surface area (Å²) >= 11 is 0. The maximum Gasteiger partial charge on any atom is 0.0594 e. The van der Waals surface area contributed by atoms with E-state index in [2.05, 4.69) is 40.5 Å². The van der Waals surface area contributed by atoms with Crippen molar-refractivity contribution in [1.82, 2.24) is 10.2 Å². The van der Waals surface area contributed by atoms with Crippen LogP contribution in [0.1, 0.15) is 12.0 Å². The maximum atomic E-state index is 5.57. The van der Waals surface area contributed by atoms with Crippen molar-refractivity contribution in [3.8, 4) is 0 Å². The third-order valence-electron chi connectivity index (χ3n) is 3.05. The fourth-order valence-corrected chi connectivity index (χ4v) is 2.10. The van der Waals surface area contributed by atoms with E-state index in [0.717, 1.165) is 45.9 Å². The second-order valence-electron chi connectivity index (χ2n) is 4.48. The minimum atomic E-state index is 0.833. The number of hydrogen-bond acceptors (Lipinski definition) is 3. The van der Waals surface area contributed by atoms with Gasteiger partial charge in [0, 0.05) is 19.6 Å². The molecule has 17 heavy (non-hydrogen) atoms. The molecule has 0 spiro atoms. The Labute approximate surface area is 104 Å². The maximum absolute atomic E-state index is 5.57. The smallest absolute Gasteiger partial charge is 0.0594 e. The lowest BCUT2D eigenvalue weighted by atomic mass is 10.2. The Morgan fingerprint density at radius 3 is 2.82 bits per heavy atom. The highest BCUT2D eigenvalue weighted by Gasteiger charge is 2.06. The highest BCUT2D eigenvalue weighted by molar-refractivity contribution is 5.14. The summed E-state index contributed by atoms with van der Waals surface area (Å²) in [6.45, 7) is 6.96. The van der Waals surface area contributed by atoms with Gasteiger partial charge in [-0.2, -0.15) is 0 Å². The van der Waals surface area contributed by atoms with Crippen LogP contribution >= 0.6 is 0 Å². The van der Waals surface area contributed by atoms with Crippen molar-refractivity contribution in [2.24, 2.45) is 0 Å². The van der Waals surface area contributed by atoms with Crippen LogP contribution < -0.4 is 5.32 Å². The highest BCUT2D eigenvalue weighted by atomic mass is 16.5. The van der Waals surface area contributed by atoms with Crippen molar-refractivity contribution >= 4 is 0 Å². The molecule has 94 valence electrons. The molecule has 1 aromatic carbocycles. The SMILES string of the molecule is c1ccc(CN2CCCNCCOCC2)cc1. The molecule has 0 aromatic heterocycles. The zero-order valence-electron chi connectivity index (χ0n) is 10.4. The summed E-state index contributed by atoms with van der Waals surface area (Å²) in [6, 6.07) is 10.7. The summed E-state index contributed by atoms with van der Waals surface area (Å²) in [5, 5.41) is 3.39. The van der Waals surface area contributed by atoms with Gasteiger partial charge < -0.3 is 10.1 Å². The van der Waals surface area contributed by atoms with E-state index in [-0.39, 0.29) is 0 Å². The lowest BCUT2D eigenvalue weighted by molar-refractivity contribution is 0.0965. The molecule has 1 heterocycles. The molecule has 0 unspecified atom stereocenters. The molecule has 1 aliphatic heterocycles. The molecule has 0 saturated carbocycles. The van der Waals surface area contributed by atoms with Crippen molar-refractivity contribution in [1.29, 1.82) is 0 Å². The summed E-state index contributed by atoms with van der Waals surface area (Å²) in [7, 11) is 0. The third kappa shape index (κ3) is 4.86. The van der Waals surface area contributed by atoms with Crippen LogP contribution in [0.25, 0.3) is 0 Å². The lowest BCUT2D eigenvalue weighted by Gasteiger charge is -2.23. The minimum Gasteiger partial charge on any atom is -0.379 e. The van der Waals surface area contributed by atoms with Crippen molar-refractivity contribution in [3.63, 3.8) is 0 Å². The first-order valence-electron chi connectivity index (χ1n) is 6.50. The average Bonchev–Trinajstić information content (AvgIpc) is 2.38. The molecule has 0 atom stereocenters. The first-order valence-corrected chi connectivity index (χ1v) is 6.50. The first kappa shape index (κ1) is 12.6. The quantitative estimate of drug-likeness (QED) is 0.839. The number of nitrogens with zero attached hydrogens (tertiary/aromatic N) is 1. The Morgan fingerprint density at radius 1 is 1.06 bits per heavy atom. The predicted octanol–water partition coefficient (Wildman–Crippen LogP) is 1.50. The monoisotopic (exact) mass is 234 g/mol. The van der Waals surface area contributed by atoms with Crippen LogP contribution in [-0.4, -0.2) is 44.3 Å². The number of nitrogens with one attached hydrogen (secondary N) is 1. The lowest BCUT2D eigenvalue weighted by Crippen LogP contribution is -2.33. The van der Waals surface area contributed by atoms with Crippen molar-refractivity contribution < 1.29 is 4.74 Å². The Balaban J connectivity index is 1.83. The van der Waals surface area contributed by atoms with E-state index in [1.807, 2.05) is 0 Å². The van der Waals surface area contributed by atoms with Crippen LogP contribution in [0.3, 0.4) is 0 Å². The molecule has 1 N–H and O–H groups in total. The van der Waals surface area contributed by atoms with E-state index in [0.29, 0.717) is 0 Å². The number of benzene rings is 1. The standard InChI is InChI=1S/C14H22N2O/c1-2-5-14(6-3-1)13-16-9-4-7-15-8-11-17-12-10-16/h1-3,5-6,15H,4,7-13H2. The minimum absolute atomic E-state index is 0.833. The van der Waals surface area contributed by atoms with Gasteiger partial charge in [0.25, 0.3) is 0 Å². The molecular formula is C14H22N2O. The second kappa shape index (κ2) is 7.43. The molecule has 1 aromatic rings. The summed E-state index contributed by atoms with van der Waals surface area (Å²) < 4.78 is 5.57. The summed E-state index contributed by atoms with van der Waals surface area (Å²) in [4.78, 5) is 2.47. The molecule has 2 rings (SSSR count). The second-order valence-corrected chi connectivity index (χ2v) is 4.48. The van der Waals surface area contributed by atoms with E-state index < -0.39 is 0 Å². The predicted molar refractivity (Wildman–Crippen MR) is 70.0 cm³/mol. The van der Waals surface area contributed by atoms with Crippen LogP contribution in [0.15, 0.2) is 30.3 Å². The van der Waals surface area contributed by atoms with Gasteiger partial charge in [-0.05, 0) is 25.1 Å². The average molecular weight is 234 g/mol. The van der Waals surface area contributed by atoms with E-state index in [1.54, 1.807) is 0 Å². The van der Waals surface area contributed by atoms with Crippen LogP contribution in [0, 0.1) is 0 Å². The van der Waals surface area contributed by atoms with Crippen LogP contribution in [-0.2, 0) is 11.3 Å². The van der Waals surface area contributed by atoms with E-state index >= 15 is 0 Å². The summed E-state index contributed by atoms with van der Waals surface area (Å²) in [6.07, 6.45) is 1.22. The molecule has 1 fully saturated rings. The third-order valence-corrected chi connectivity index (χ3v) is 3.05. The molecule has 0 aliphatic carbocycles. The van der Waals surface area contributed by atoms with Gasteiger partial charge in [-0.15, -0.1) is 0 Å². The van der Waals surface area contributed by atoms with Gasteiger partial charge in [-0.1, -0.05) is 30.3 Å². The fraction of sp³-hybridized carbons (Fsp3) is 0.571. The molecule has 1 saturated heterocycles. The van der Waals surface area contributed by atoms with Gasteiger partial charge in [-0.25, -0.2) is 0 Å². The number of hydrogen-bond donors (Lipinski definition) is 1. The molecule has 3 heteroatoms. The van der Waals surface area contributed by atoms with Gasteiger partial charge in [-0.3, -0.25) is 4.90 Å². The molecule has 1 aliphatic rings. The largest absolute Gasteiger partial charge is 0.379 e. The zero-order valence-corrected chi connectivity index (χ0v) is 10.4. The zero-order chi connectivity index (χ0) is 11.8. The number of ether oxygens (including phenoxy) is 1. The van der Waals surface area contributed by atoms with E-state index in [1.165, 1.54) is 12.0 Å². The number of rotatable bonds is 2. The fourth-order valence-electron chi connectivity index (χ4n) is 2.10. The normalized spacial score (nSPS) is 20.0. The molecule has 0 amide bonds. The van der Waals surface area contributed by atoms with E-state index in [9.17, 15) is 0 Å². The Bertz CT molecular complexity index is 292. The van der Waals surface area contributed by atoms with Gasteiger partial charge in [0.05, 0.1) is 13.2 Å². The van der Waals surface area contributed by atoms with Gasteiger partial charge in [0.2, 0.25) is 0 Å². The van der Waals surface area contributed by atoms with Gasteiger partial charge in [0.15, 0.2) is 0 Å². The topological polar surface area (TPSA) is 24.5 Å². The summed E-state index contributed by atoms with van der Waals surface area (Å²) in [5.41, 5.74) is 1.39. The van der Waals surface area contributed by atoms with E-state index in [4.69, 9.17) is 4.74 Å². The van der Waals surface area contributed by atoms with Crippen LogP contribution in [0.2, 0.25) is 0 Å².